The summed E-state index contributed by atoms with van der Waals surface area (Å²) in [4.78, 5) is 10.8. The molecule has 5 nitrogen and oxygen atoms in total. The molecule has 0 bridgehead atoms. The van der Waals surface area contributed by atoms with Crippen LogP contribution in [0.2, 0.25) is 0 Å². The number of phenols is 1. The number of azo groups is 1. The number of rotatable bonds is 3. The van der Waals surface area contributed by atoms with Crippen molar-refractivity contribution in [3.63, 3.8) is 0 Å². The lowest BCUT2D eigenvalue weighted by atomic mass is 10.2. The van der Waals surface area contributed by atoms with Crippen molar-refractivity contribution in [1.82, 2.24) is 0 Å². The lowest BCUT2D eigenvalue weighted by molar-refractivity contribution is -0.137. The Bertz CT molecular complexity index is 742. The van der Waals surface area contributed by atoms with E-state index in [9.17, 15) is 23.1 Å². The Hall–Kier alpha value is -2.90. The number of aromatic carboxylic acids is 1. The van der Waals surface area contributed by atoms with Gasteiger partial charge in [-0.25, -0.2) is 4.79 Å². The van der Waals surface area contributed by atoms with Crippen molar-refractivity contribution in [3.8, 4) is 5.75 Å². The largest absolute Gasteiger partial charge is 0.507 e. The van der Waals surface area contributed by atoms with Crippen LogP contribution in [0.4, 0.5) is 24.5 Å². The maximum Gasteiger partial charge on any atom is 0.416 e. The smallest absolute Gasteiger partial charge is 0.416 e. The molecule has 0 radical (unpaired) electrons. The number of carboxylic acids is 1. The zero-order valence-electron chi connectivity index (χ0n) is 10.9. The van der Waals surface area contributed by atoms with Crippen LogP contribution in [0.15, 0.2) is 52.7 Å². The van der Waals surface area contributed by atoms with Crippen LogP contribution < -0.4 is 0 Å². The van der Waals surface area contributed by atoms with Gasteiger partial charge in [0, 0.05) is 0 Å². The first-order valence-corrected chi connectivity index (χ1v) is 5.92. The molecule has 0 aromatic heterocycles. The van der Waals surface area contributed by atoms with Crippen molar-refractivity contribution in [1.29, 1.82) is 0 Å². The van der Waals surface area contributed by atoms with Crippen molar-refractivity contribution < 1.29 is 28.2 Å². The first-order chi connectivity index (χ1) is 10.3. The summed E-state index contributed by atoms with van der Waals surface area (Å²) in [6, 6.07) is 7.72. The summed E-state index contributed by atoms with van der Waals surface area (Å²) in [6.07, 6.45) is -4.49. The van der Waals surface area contributed by atoms with E-state index < -0.39 is 23.5 Å². The number of alkyl halides is 3. The lowest BCUT2D eigenvalue weighted by Crippen LogP contribution is -2.03. The summed E-state index contributed by atoms with van der Waals surface area (Å²) in [5, 5.41) is 25.5. The Balaban J connectivity index is 2.29. The average molecular weight is 310 g/mol. The molecule has 0 aliphatic rings. The van der Waals surface area contributed by atoms with Gasteiger partial charge < -0.3 is 10.2 Å². The Morgan fingerprint density at radius 2 is 1.64 bits per heavy atom. The Morgan fingerprint density at radius 3 is 2.23 bits per heavy atom. The van der Waals surface area contributed by atoms with Gasteiger partial charge in [0.25, 0.3) is 0 Å². The van der Waals surface area contributed by atoms with Gasteiger partial charge in [-0.15, -0.1) is 0 Å². The molecule has 0 saturated carbocycles. The molecule has 0 fully saturated rings. The van der Waals surface area contributed by atoms with Crippen LogP contribution in [-0.4, -0.2) is 16.2 Å². The van der Waals surface area contributed by atoms with E-state index in [0.717, 1.165) is 24.3 Å². The molecule has 0 saturated heterocycles. The topological polar surface area (TPSA) is 82.2 Å². The standard InChI is InChI=1S/C14H9F3N2O3/c15-14(16,17)8-2-1-3-9(6-8)18-19-10-4-5-12(20)11(7-10)13(21)22/h1-7,20H,(H,21,22)/b19-18+. The van der Waals surface area contributed by atoms with E-state index in [1.165, 1.54) is 18.2 Å². The van der Waals surface area contributed by atoms with Crippen LogP contribution in [0.3, 0.4) is 0 Å². The Morgan fingerprint density at radius 1 is 1.00 bits per heavy atom. The number of carbonyl (C=O) groups is 1. The first kappa shape index (κ1) is 15.5. The third-order valence-electron chi connectivity index (χ3n) is 2.66. The lowest BCUT2D eigenvalue weighted by Gasteiger charge is -2.06. The summed E-state index contributed by atoms with van der Waals surface area (Å²) in [5.74, 6) is -1.79. The number of nitrogens with zero attached hydrogens (tertiary/aromatic N) is 2. The van der Waals surface area contributed by atoms with Gasteiger partial charge in [-0.05, 0) is 36.4 Å². The van der Waals surface area contributed by atoms with Crippen LogP contribution in [-0.2, 0) is 6.18 Å². The molecule has 2 N–H and O–H groups in total. The van der Waals surface area contributed by atoms with Crippen LogP contribution in [0.25, 0.3) is 0 Å². The summed E-state index contributed by atoms with van der Waals surface area (Å²) in [5.41, 5.74) is -1.17. The summed E-state index contributed by atoms with van der Waals surface area (Å²) in [7, 11) is 0. The molecule has 2 rings (SSSR count). The van der Waals surface area contributed by atoms with Gasteiger partial charge in [0.05, 0.1) is 16.9 Å². The number of aromatic hydroxyl groups is 1. The van der Waals surface area contributed by atoms with E-state index in [1.807, 2.05) is 0 Å². The molecule has 2 aromatic carbocycles. The van der Waals surface area contributed by atoms with Crippen molar-refractivity contribution in [2.75, 3.05) is 0 Å². The SMILES string of the molecule is O=C(O)c1cc(/N=N/c2cccc(C(F)(F)F)c2)ccc1O. The fraction of sp³-hybridized carbons (Fsp3) is 0.0714. The maximum absolute atomic E-state index is 12.6. The quantitative estimate of drug-likeness (QED) is 0.817. The molecular formula is C14H9F3N2O3. The molecule has 0 aliphatic heterocycles. The zero-order valence-corrected chi connectivity index (χ0v) is 10.9. The first-order valence-electron chi connectivity index (χ1n) is 5.92. The van der Waals surface area contributed by atoms with E-state index in [-0.39, 0.29) is 16.9 Å². The van der Waals surface area contributed by atoms with E-state index in [0.29, 0.717) is 0 Å². The second-order valence-corrected chi connectivity index (χ2v) is 4.25. The number of hydrogen-bond acceptors (Lipinski definition) is 4. The third kappa shape index (κ3) is 3.60. The van der Waals surface area contributed by atoms with Gasteiger partial charge in [0.1, 0.15) is 11.3 Å². The summed E-state index contributed by atoms with van der Waals surface area (Å²) >= 11 is 0. The molecular weight excluding hydrogens is 301 g/mol. The van der Waals surface area contributed by atoms with Gasteiger partial charge in [-0.2, -0.15) is 23.4 Å². The monoisotopic (exact) mass is 310 g/mol. The van der Waals surface area contributed by atoms with Gasteiger partial charge in [0.15, 0.2) is 0 Å². The molecule has 0 amide bonds. The minimum absolute atomic E-state index is 0.0280. The van der Waals surface area contributed by atoms with Crippen LogP contribution >= 0.6 is 0 Å². The van der Waals surface area contributed by atoms with Crippen molar-refractivity contribution in [2.24, 2.45) is 10.2 Å². The Kier molecular flexibility index (Phi) is 4.11. The normalized spacial score (nSPS) is 11.8. The van der Waals surface area contributed by atoms with Gasteiger partial charge in [-0.3, -0.25) is 0 Å². The number of hydrogen-bond donors (Lipinski definition) is 2. The minimum Gasteiger partial charge on any atom is -0.507 e. The predicted octanol–water partition coefficient (Wildman–Crippen LogP) is 4.52. The maximum atomic E-state index is 12.6. The van der Waals surface area contributed by atoms with Crippen molar-refractivity contribution in [3.05, 3.63) is 53.6 Å². The molecule has 114 valence electrons. The van der Waals surface area contributed by atoms with E-state index in [2.05, 4.69) is 10.2 Å². The molecule has 0 aliphatic carbocycles. The summed E-state index contributed by atoms with van der Waals surface area (Å²) in [6.45, 7) is 0. The number of carboxylic acid groups (broad SMARTS) is 1. The fourth-order valence-electron chi connectivity index (χ4n) is 1.62. The van der Waals surface area contributed by atoms with E-state index >= 15 is 0 Å². The molecule has 0 spiro atoms. The molecule has 22 heavy (non-hydrogen) atoms. The highest BCUT2D eigenvalue weighted by atomic mass is 19.4. The molecule has 2 aromatic rings. The minimum atomic E-state index is -4.49. The Labute approximate surface area is 122 Å². The van der Waals surface area contributed by atoms with Crippen LogP contribution in [0, 0.1) is 0 Å². The zero-order chi connectivity index (χ0) is 16.3. The third-order valence-corrected chi connectivity index (χ3v) is 2.66. The molecule has 0 atom stereocenters. The molecule has 8 heteroatoms. The molecule has 0 heterocycles. The number of benzene rings is 2. The second-order valence-electron chi connectivity index (χ2n) is 4.25. The van der Waals surface area contributed by atoms with E-state index in [4.69, 9.17) is 5.11 Å². The molecule has 0 unspecified atom stereocenters. The van der Waals surface area contributed by atoms with Crippen molar-refractivity contribution in [2.45, 2.75) is 6.18 Å². The van der Waals surface area contributed by atoms with E-state index in [1.54, 1.807) is 0 Å². The fourth-order valence-corrected chi connectivity index (χ4v) is 1.62. The highest BCUT2D eigenvalue weighted by Crippen LogP contribution is 2.32. The highest BCUT2D eigenvalue weighted by molar-refractivity contribution is 5.91. The second kappa shape index (κ2) is 5.84. The van der Waals surface area contributed by atoms with Crippen LogP contribution in [0.5, 0.6) is 5.75 Å². The van der Waals surface area contributed by atoms with Gasteiger partial charge in [0.2, 0.25) is 0 Å². The predicted molar refractivity (Wildman–Crippen MR) is 70.7 cm³/mol. The highest BCUT2D eigenvalue weighted by Gasteiger charge is 2.30. The van der Waals surface area contributed by atoms with Gasteiger partial charge in [-0.1, -0.05) is 6.07 Å². The van der Waals surface area contributed by atoms with Crippen LogP contribution in [0.1, 0.15) is 15.9 Å². The summed E-state index contributed by atoms with van der Waals surface area (Å²) < 4.78 is 37.7. The van der Waals surface area contributed by atoms with Gasteiger partial charge >= 0.3 is 12.1 Å². The average Bonchev–Trinajstić information content (AvgIpc) is 2.45. The number of halogens is 3. The van der Waals surface area contributed by atoms with Crippen molar-refractivity contribution >= 4 is 17.3 Å².